The number of esters is 1. The predicted molar refractivity (Wildman–Crippen MR) is 119 cm³/mol. The zero-order chi connectivity index (χ0) is 24.1. The lowest BCUT2D eigenvalue weighted by Crippen LogP contribution is -2.67. The Hall–Kier alpha value is -2.56. The van der Waals surface area contributed by atoms with Crippen LogP contribution in [0.1, 0.15) is 51.9 Å². The molecule has 1 aliphatic rings. The number of hydrogen-bond acceptors (Lipinski definition) is 8. The third kappa shape index (κ3) is 7.54. The van der Waals surface area contributed by atoms with Gasteiger partial charge in [-0.2, -0.15) is 0 Å². The van der Waals surface area contributed by atoms with Gasteiger partial charge < -0.3 is 14.4 Å². The molecular weight excluding hydrogens is 416 g/mol. The van der Waals surface area contributed by atoms with Crippen molar-refractivity contribution in [3.05, 3.63) is 46.0 Å². The first-order valence-electron chi connectivity index (χ1n) is 10.6. The maximum atomic E-state index is 13.6. The highest BCUT2D eigenvalue weighted by Gasteiger charge is 2.41. The van der Waals surface area contributed by atoms with E-state index < -0.39 is 46.4 Å². The molecule has 0 aromatic heterocycles. The molecule has 0 radical (unpaired) electrons. The topological polar surface area (TPSA) is 123 Å². The van der Waals surface area contributed by atoms with Crippen molar-refractivity contribution in [3.8, 4) is 0 Å². The Kier molecular flexibility index (Phi) is 8.33. The Balaban J connectivity index is 2.41. The first-order chi connectivity index (χ1) is 14.8. The molecule has 1 aromatic rings. The Morgan fingerprint density at radius 3 is 2.19 bits per heavy atom. The van der Waals surface area contributed by atoms with Crippen molar-refractivity contribution >= 4 is 11.9 Å². The van der Waals surface area contributed by atoms with Crippen molar-refractivity contribution < 1.29 is 24.0 Å². The predicted octanol–water partition coefficient (Wildman–Crippen LogP) is 1.78. The summed E-state index contributed by atoms with van der Waals surface area (Å²) in [6, 6.07) is 7.50. The number of benzene rings is 1. The van der Waals surface area contributed by atoms with Crippen LogP contribution >= 0.6 is 0 Å². The molecule has 32 heavy (non-hydrogen) atoms. The van der Waals surface area contributed by atoms with E-state index in [0.717, 1.165) is 0 Å². The van der Waals surface area contributed by atoms with Gasteiger partial charge in [-0.25, -0.2) is 10.1 Å². The van der Waals surface area contributed by atoms with E-state index in [0.29, 0.717) is 5.56 Å². The Morgan fingerprint density at radius 1 is 1.09 bits per heavy atom. The number of nitrogens with one attached hydrogen (secondary N) is 2. The number of carbonyl (C=O) groups is 2. The first-order valence-corrected chi connectivity index (χ1v) is 10.6. The number of carbonyl (C=O) groups excluding carboxylic acids is 2. The maximum Gasteiger partial charge on any atom is 0.331 e. The van der Waals surface area contributed by atoms with Crippen LogP contribution in [0.15, 0.2) is 30.3 Å². The van der Waals surface area contributed by atoms with Crippen LogP contribution in [0.25, 0.3) is 0 Å². The second-order valence-corrected chi connectivity index (χ2v) is 9.68. The van der Waals surface area contributed by atoms with Crippen LogP contribution < -0.4 is 10.6 Å². The molecule has 10 nitrogen and oxygen atoms in total. The second kappa shape index (κ2) is 10.4. The van der Waals surface area contributed by atoms with Gasteiger partial charge in [0.25, 0.3) is 12.1 Å². The molecule has 3 atom stereocenters. The summed E-state index contributed by atoms with van der Waals surface area (Å²) in [5, 5.41) is 17.0. The largest absolute Gasteiger partial charge is 0.458 e. The summed E-state index contributed by atoms with van der Waals surface area (Å²) in [4.78, 5) is 38.8. The summed E-state index contributed by atoms with van der Waals surface area (Å²) < 4.78 is 11.5. The van der Waals surface area contributed by atoms with Crippen LogP contribution in [0.3, 0.4) is 0 Å². The minimum Gasteiger partial charge on any atom is -0.458 e. The Morgan fingerprint density at radius 2 is 1.72 bits per heavy atom. The molecule has 1 aromatic carbocycles. The van der Waals surface area contributed by atoms with E-state index in [9.17, 15) is 19.7 Å². The van der Waals surface area contributed by atoms with Gasteiger partial charge in [0.1, 0.15) is 5.60 Å². The fraction of sp³-hybridized carbons (Fsp3) is 0.636. The highest BCUT2D eigenvalue weighted by atomic mass is 16.6. The Bertz CT molecular complexity index is 795. The normalized spacial score (nSPS) is 20.3. The number of rotatable bonds is 7. The zero-order valence-electron chi connectivity index (χ0n) is 19.6. The molecule has 1 fully saturated rings. The first kappa shape index (κ1) is 25.7. The van der Waals surface area contributed by atoms with Crippen molar-refractivity contribution in [3.63, 3.8) is 0 Å². The van der Waals surface area contributed by atoms with Gasteiger partial charge in [0.2, 0.25) is 0 Å². The van der Waals surface area contributed by atoms with E-state index in [4.69, 9.17) is 9.47 Å². The standard InChI is InChI=1S/C22H34N4O6/c1-21(2,3)31-14-16(20(28)32-22(4,5)6)25(19(27)15-10-8-7-9-11-15)17-12-24-18(13-23-17)26(29)30/h7-11,16-18,23-24H,12-14H2,1-6H3. The lowest BCUT2D eigenvalue weighted by atomic mass is 10.1. The lowest BCUT2D eigenvalue weighted by molar-refractivity contribution is -0.529. The van der Waals surface area contributed by atoms with Crippen LogP contribution in [-0.4, -0.2) is 71.0 Å². The minimum atomic E-state index is -1.06. The summed E-state index contributed by atoms with van der Waals surface area (Å²) in [5.41, 5.74) is -0.945. The fourth-order valence-electron chi connectivity index (χ4n) is 3.18. The molecule has 2 N–H and O–H groups in total. The highest BCUT2D eigenvalue weighted by molar-refractivity contribution is 5.97. The van der Waals surface area contributed by atoms with Crippen LogP contribution in [0, 0.1) is 10.1 Å². The van der Waals surface area contributed by atoms with E-state index in [1.807, 2.05) is 20.8 Å². The summed E-state index contributed by atoms with van der Waals surface area (Å²) in [5.74, 6) is -1.01. The van der Waals surface area contributed by atoms with E-state index >= 15 is 0 Å². The Labute approximate surface area is 188 Å². The smallest absolute Gasteiger partial charge is 0.331 e. The van der Waals surface area contributed by atoms with Gasteiger partial charge in [0.15, 0.2) is 6.04 Å². The molecule has 0 aliphatic carbocycles. The molecule has 0 saturated carbocycles. The average Bonchev–Trinajstić information content (AvgIpc) is 2.69. The van der Waals surface area contributed by atoms with E-state index in [1.54, 1.807) is 51.1 Å². The zero-order valence-corrected chi connectivity index (χ0v) is 19.6. The number of nitro groups is 1. The van der Waals surface area contributed by atoms with Crippen molar-refractivity contribution in [2.75, 3.05) is 19.7 Å². The summed E-state index contributed by atoms with van der Waals surface area (Å²) in [7, 11) is 0. The number of hydrogen-bond donors (Lipinski definition) is 2. The molecule has 3 unspecified atom stereocenters. The quantitative estimate of drug-likeness (QED) is 0.366. The maximum absolute atomic E-state index is 13.6. The molecule has 0 bridgehead atoms. The van der Waals surface area contributed by atoms with Gasteiger partial charge in [-0.1, -0.05) is 18.2 Å². The third-order valence-corrected chi connectivity index (χ3v) is 4.63. The van der Waals surface area contributed by atoms with Gasteiger partial charge in [-0.3, -0.25) is 20.2 Å². The van der Waals surface area contributed by atoms with Crippen molar-refractivity contribution in [2.24, 2.45) is 0 Å². The molecule has 2 rings (SSSR count). The van der Waals surface area contributed by atoms with E-state index in [2.05, 4.69) is 10.6 Å². The second-order valence-electron chi connectivity index (χ2n) is 9.68. The minimum absolute atomic E-state index is 0.00258. The monoisotopic (exact) mass is 450 g/mol. The molecule has 0 spiro atoms. The average molecular weight is 451 g/mol. The molecule has 1 aliphatic heterocycles. The SMILES string of the molecule is CC(C)(C)OCC(C(=O)OC(C)(C)C)N(C(=O)c1ccccc1)C1CNC([N+](=O)[O-])CN1. The van der Waals surface area contributed by atoms with Gasteiger partial charge >= 0.3 is 5.97 Å². The van der Waals surface area contributed by atoms with Crippen molar-refractivity contribution in [1.29, 1.82) is 0 Å². The molecule has 178 valence electrons. The fourth-order valence-corrected chi connectivity index (χ4v) is 3.18. The van der Waals surface area contributed by atoms with Crippen LogP contribution in [-0.2, 0) is 14.3 Å². The van der Waals surface area contributed by atoms with E-state index in [-0.39, 0.29) is 19.7 Å². The third-order valence-electron chi connectivity index (χ3n) is 4.63. The van der Waals surface area contributed by atoms with E-state index in [1.165, 1.54) is 4.90 Å². The van der Waals surface area contributed by atoms with Crippen LogP contribution in [0.2, 0.25) is 0 Å². The summed E-state index contributed by atoms with van der Waals surface area (Å²) >= 11 is 0. The van der Waals surface area contributed by atoms with Crippen LogP contribution in [0.4, 0.5) is 0 Å². The number of amides is 1. The summed E-state index contributed by atoms with van der Waals surface area (Å²) in [6.45, 7) is 10.8. The molecular formula is C22H34N4O6. The molecule has 1 amide bonds. The number of nitrogens with zero attached hydrogens (tertiary/aromatic N) is 2. The molecule has 1 saturated heterocycles. The number of piperazine rings is 1. The molecule has 1 heterocycles. The number of ether oxygens (including phenoxy) is 2. The van der Waals surface area contributed by atoms with Gasteiger partial charge in [-0.05, 0) is 53.7 Å². The summed E-state index contributed by atoms with van der Waals surface area (Å²) in [6.07, 6.45) is -1.66. The van der Waals surface area contributed by atoms with Gasteiger partial charge in [0.05, 0.1) is 24.9 Å². The lowest BCUT2D eigenvalue weighted by Gasteiger charge is -2.41. The van der Waals surface area contributed by atoms with Gasteiger partial charge in [0, 0.05) is 17.0 Å². The van der Waals surface area contributed by atoms with Crippen molar-refractivity contribution in [1.82, 2.24) is 15.5 Å². The highest BCUT2D eigenvalue weighted by Crippen LogP contribution is 2.20. The van der Waals surface area contributed by atoms with Crippen molar-refractivity contribution in [2.45, 2.75) is 71.1 Å². The molecule has 10 heteroatoms. The van der Waals surface area contributed by atoms with Gasteiger partial charge in [-0.15, -0.1) is 0 Å². The van der Waals surface area contributed by atoms with Crippen LogP contribution in [0.5, 0.6) is 0 Å².